The molecule has 0 bridgehead atoms. The average molecular weight is 480 g/mol. The van der Waals surface area contributed by atoms with Crippen LogP contribution in [0.25, 0.3) is 5.69 Å². The minimum Gasteiger partial charge on any atom is -0.505 e. The Balaban J connectivity index is 1.50. The lowest BCUT2D eigenvalue weighted by atomic mass is 10.1. The maximum Gasteiger partial charge on any atom is 0.377 e. The van der Waals surface area contributed by atoms with Gasteiger partial charge < -0.3 is 29.9 Å². The first-order chi connectivity index (χ1) is 16.8. The van der Waals surface area contributed by atoms with Crippen molar-refractivity contribution in [1.29, 1.82) is 0 Å². The number of cyclic esters (lactones) is 1. The van der Waals surface area contributed by atoms with Gasteiger partial charge in [-0.15, -0.1) is 10.2 Å². The zero-order chi connectivity index (χ0) is 25.1. The van der Waals surface area contributed by atoms with E-state index in [4.69, 9.17) is 4.74 Å². The van der Waals surface area contributed by atoms with Crippen molar-refractivity contribution in [2.75, 3.05) is 6.61 Å². The van der Waals surface area contributed by atoms with Crippen molar-refractivity contribution in [3.8, 4) is 11.6 Å². The summed E-state index contributed by atoms with van der Waals surface area (Å²) >= 11 is 0. The number of azo groups is 1. The molecule has 12 nitrogen and oxygen atoms in total. The van der Waals surface area contributed by atoms with Crippen molar-refractivity contribution in [1.82, 2.24) is 9.78 Å². The number of aromatic hydroxyl groups is 1. The van der Waals surface area contributed by atoms with Gasteiger partial charge in [0.15, 0.2) is 17.6 Å². The number of ether oxygens (including phenoxy) is 2. The predicted molar refractivity (Wildman–Crippen MR) is 119 cm³/mol. The van der Waals surface area contributed by atoms with Crippen molar-refractivity contribution >= 4 is 23.3 Å². The summed E-state index contributed by atoms with van der Waals surface area (Å²) in [6, 6.07) is 15.0. The van der Waals surface area contributed by atoms with Gasteiger partial charge in [0.2, 0.25) is 11.6 Å². The molecule has 0 spiro atoms. The molecule has 0 amide bonds. The van der Waals surface area contributed by atoms with Crippen LogP contribution in [0.5, 0.6) is 5.88 Å². The lowest BCUT2D eigenvalue weighted by Gasteiger charge is -2.17. The van der Waals surface area contributed by atoms with Crippen molar-refractivity contribution in [2.24, 2.45) is 10.2 Å². The number of aryl methyl sites for hydroxylation is 1. The number of benzene rings is 2. The number of carbonyl (C=O) groups is 2. The highest BCUT2D eigenvalue weighted by Gasteiger charge is 2.39. The number of carbonyl (C=O) groups excluding carboxylic acids is 2. The SMILES string of the molecule is Cc1nn(-c2ccccc2)c(O)c1N=Nc1ccccc1C(=O)OC[C@@H](O)[C@H]1OC(=O)C(O)=C1O. The van der Waals surface area contributed by atoms with E-state index in [1.807, 2.05) is 6.07 Å². The van der Waals surface area contributed by atoms with E-state index in [0.717, 1.165) is 0 Å². The van der Waals surface area contributed by atoms with Crippen LogP contribution in [0, 0.1) is 6.92 Å². The van der Waals surface area contributed by atoms with E-state index in [0.29, 0.717) is 11.4 Å². The summed E-state index contributed by atoms with van der Waals surface area (Å²) in [6.07, 6.45) is -3.18. The molecule has 12 heteroatoms. The number of aliphatic hydroxyl groups is 3. The highest BCUT2D eigenvalue weighted by molar-refractivity contribution is 5.94. The zero-order valence-corrected chi connectivity index (χ0v) is 18.3. The highest BCUT2D eigenvalue weighted by Crippen LogP contribution is 2.34. The van der Waals surface area contributed by atoms with E-state index < -0.39 is 42.3 Å². The maximum atomic E-state index is 12.6. The van der Waals surface area contributed by atoms with Gasteiger partial charge in [-0.3, -0.25) is 0 Å². The topological polar surface area (TPSA) is 176 Å². The first-order valence-corrected chi connectivity index (χ1v) is 10.3. The molecule has 0 saturated carbocycles. The molecule has 0 saturated heterocycles. The van der Waals surface area contributed by atoms with Gasteiger partial charge in [0.05, 0.1) is 16.9 Å². The number of esters is 2. The molecule has 0 radical (unpaired) electrons. The van der Waals surface area contributed by atoms with Gasteiger partial charge in [-0.25, -0.2) is 9.59 Å². The molecule has 2 atom stereocenters. The lowest BCUT2D eigenvalue weighted by molar-refractivity contribution is -0.147. The molecule has 0 aliphatic carbocycles. The molecule has 0 unspecified atom stereocenters. The molecule has 35 heavy (non-hydrogen) atoms. The standard InChI is InChI=1S/C23H20N4O8/c1-12-17(21(31)27(26-12)13-7-3-2-4-8-13)25-24-15-10-6-5-9-14(15)22(32)34-11-16(28)20-18(29)19(30)23(33)35-20/h2-10,16,20,28-31H,11H2,1H3/t16-,20-/m1/s1. The molecule has 1 aromatic heterocycles. The van der Waals surface area contributed by atoms with Crippen molar-refractivity contribution < 1.29 is 39.5 Å². The monoisotopic (exact) mass is 480 g/mol. The number of aromatic nitrogens is 2. The number of nitrogens with zero attached hydrogens (tertiary/aromatic N) is 4. The third kappa shape index (κ3) is 4.68. The number of hydrogen-bond acceptors (Lipinski definition) is 11. The minimum absolute atomic E-state index is 0.00192. The summed E-state index contributed by atoms with van der Waals surface area (Å²) < 4.78 is 11.0. The highest BCUT2D eigenvalue weighted by atomic mass is 16.6. The number of rotatable bonds is 7. The van der Waals surface area contributed by atoms with E-state index >= 15 is 0 Å². The summed E-state index contributed by atoms with van der Waals surface area (Å²) in [5.74, 6) is -4.17. The molecule has 2 aromatic carbocycles. The summed E-state index contributed by atoms with van der Waals surface area (Å²) in [5, 5.41) is 52.0. The van der Waals surface area contributed by atoms with E-state index in [1.165, 1.54) is 16.8 Å². The summed E-state index contributed by atoms with van der Waals surface area (Å²) in [6.45, 7) is 0.996. The second kappa shape index (κ2) is 9.65. The molecule has 1 aliphatic rings. The maximum absolute atomic E-state index is 12.6. The van der Waals surface area contributed by atoms with E-state index in [2.05, 4.69) is 20.1 Å². The molecule has 2 heterocycles. The molecular formula is C23H20N4O8. The Morgan fingerprint density at radius 2 is 1.80 bits per heavy atom. The molecule has 1 aliphatic heterocycles. The zero-order valence-electron chi connectivity index (χ0n) is 18.3. The molecule has 3 aromatic rings. The summed E-state index contributed by atoms with van der Waals surface area (Å²) in [4.78, 5) is 23.9. The van der Waals surface area contributed by atoms with Crippen LogP contribution in [0.4, 0.5) is 11.4 Å². The third-order valence-electron chi connectivity index (χ3n) is 5.06. The summed E-state index contributed by atoms with van der Waals surface area (Å²) in [7, 11) is 0. The Labute approximate surface area is 198 Å². The van der Waals surface area contributed by atoms with E-state index in [9.17, 15) is 30.0 Å². The molecular weight excluding hydrogens is 460 g/mol. The third-order valence-corrected chi connectivity index (χ3v) is 5.06. The molecule has 180 valence electrons. The van der Waals surface area contributed by atoms with E-state index in [1.54, 1.807) is 43.3 Å². The fraction of sp³-hybridized carbons (Fsp3) is 0.174. The minimum atomic E-state index is -1.62. The van der Waals surface area contributed by atoms with Gasteiger partial charge in [-0.1, -0.05) is 30.3 Å². The molecule has 4 N–H and O–H groups in total. The van der Waals surface area contributed by atoms with Gasteiger partial charge in [0, 0.05) is 0 Å². The smallest absolute Gasteiger partial charge is 0.377 e. The van der Waals surface area contributed by atoms with Gasteiger partial charge in [-0.05, 0) is 31.2 Å². The Morgan fingerprint density at radius 3 is 2.49 bits per heavy atom. The summed E-state index contributed by atoms with van der Waals surface area (Å²) in [5.41, 5.74) is 1.25. The van der Waals surface area contributed by atoms with Crippen LogP contribution in [0.2, 0.25) is 0 Å². The van der Waals surface area contributed by atoms with Crippen LogP contribution >= 0.6 is 0 Å². The molecule has 4 rings (SSSR count). The number of aliphatic hydroxyl groups excluding tert-OH is 3. The van der Waals surface area contributed by atoms with Crippen molar-refractivity contribution in [2.45, 2.75) is 19.1 Å². The van der Waals surface area contributed by atoms with Gasteiger partial charge in [0.1, 0.15) is 18.4 Å². The fourth-order valence-corrected chi connectivity index (χ4v) is 3.26. The van der Waals surface area contributed by atoms with Crippen LogP contribution in [0.15, 0.2) is 76.3 Å². The second-order valence-electron chi connectivity index (χ2n) is 7.45. The van der Waals surface area contributed by atoms with Gasteiger partial charge in [-0.2, -0.15) is 9.78 Å². The first-order valence-electron chi connectivity index (χ1n) is 10.3. The Hall–Kier alpha value is -4.71. The van der Waals surface area contributed by atoms with Crippen LogP contribution in [0.1, 0.15) is 16.1 Å². The second-order valence-corrected chi connectivity index (χ2v) is 7.45. The lowest BCUT2D eigenvalue weighted by Crippen LogP contribution is -2.33. The number of hydrogen-bond donors (Lipinski definition) is 4. The van der Waals surface area contributed by atoms with Crippen LogP contribution < -0.4 is 0 Å². The fourth-order valence-electron chi connectivity index (χ4n) is 3.26. The van der Waals surface area contributed by atoms with Gasteiger partial charge in [0.25, 0.3) is 0 Å². The largest absolute Gasteiger partial charge is 0.505 e. The predicted octanol–water partition coefficient (Wildman–Crippen LogP) is 3.07. The quantitative estimate of drug-likeness (QED) is 0.292. The van der Waals surface area contributed by atoms with Crippen molar-refractivity contribution in [3.05, 3.63) is 77.4 Å². The van der Waals surface area contributed by atoms with Gasteiger partial charge >= 0.3 is 11.9 Å². The van der Waals surface area contributed by atoms with Crippen LogP contribution in [-0.4, -0.2) is 61.0 Å². The Bertz CT molecular complexity index is 1330. The van der Waals surface area contributed by atoms with Crippen LogP contribution in [0.3, 0.4) is 0 Å². The number of para-hydroxylation sites is 1. The van der Waals surface area contributed by atoms with Crippen LogP contribution in [-0.2, 0) is 14.3 Å². The van der Waals surface area contributed by atoms with E-state index in [-0.39, 0.29) is 22.8 Å². The normalized spacial score (nSPS) is 16.5. The average Bonchev–Trinajstić information content (AvgIpc) is 3.30. The first kappa shape index (κ1) is 23.4. The molecule has 0 fully saturated rings. The van der Waals surface area contributed by atoms with Crippen molar-refractivity contribution in [3.63, 3.8) is 0 Å². The Kier molecular flexibility index (Phi) is 6.46. The Morgan fingerprint density at radius 1 is 1.11 bits per heavy atom.